The molecule has 0 bridgehead atoms. The van der Waals surface area contributed by atoms with E-state index in [0.717, 1.165) is 16.1 Å². The van der Waals surface area contributed by atoms with Gasteiger partial charge in [-0.3, -0.25) is 19.5 Å². The standard InChI is InChI=1S/C22H17N3O4S/c1-11-12(2)30-22(24-11)25-18(13-6-8-23-9-7-13)17-19(26)15-5-4-14(28-3)10-16(15)29-20(17)21(25)27/h4-10,18H,1-3H3. The Kier molecular flexibility index (Phi) is 4.18. The van der Waals surface area contributed by atoms with E-state index in [2.05, 4.69) is 9.97 Å². The molecule has 4 aromatic rings. The SMILES string of the molecule is COc1ccc2c(=O)c3c(oc2c1)C(=O)N(c1nc(C)c(C)s1)C3c1ccncc1. The van der Waals surface area contributed by atoms with Crippen molar-refractivity contribution in [3.63, 3.8) is 0 Å². The third kappa shape index (κ3) is 2.64. The molecule has 1 amide bonds. The number of carbonyl (C=O) groups excluding carboxylic acids is 1. The summed E-state index contributed by atoms with van der Waals surface area (Å²) in [5.41, 5.74) is 2.00. The minimum atomic E-state index is -0.636. The van der Waals surface area contributed by atoms with E-state index in [-0.39, 0.29) is 17.1 Å². The molecule has 0 radical (unpaired) electrons. The minimum absolute atomic E-state index is 0.0353. The van der Waals surface area contributed by atoms with Crippen molar-refractivity contribution in [2.45, 2.75) is 19.9 Å². The Bertz CT molecular complexity index is 1340. The van der Waals surface area contributed by atoms with E-state index in [0.29, 0.717) is 27.4 Å². The lowest BCUT2D eigenvalue weighted by molar-refractivity contribution is 0.0971. The molecule has 0 spiro atoms. The second-order valence-corrected chi connectivity index (χ2v) is 8.21. The summed E-state index contributed by atoms with van der Waals surface area (Å²) in [4.78, 5) is 38.1. The molecule has 5 rings (SSSR count). The Morgan fingerprint density at radius 3 is 2.57 bits per heavy atom. The van der Waals surface area contributed by atoms with Crippen LogP contribution in [-0.2, 0) is 0 Å². The van der Waals surface area contributed by atoms with Crippen LogP contribution in [0.5, 0.6) is 5.75 Å². The maximum Gasteiger partial charge on any atom is 0.297 e. The fourth-order valence-corrected chi connectivity index (χ4v) is 4.63. The Morgan fingerprint density at radius 2 is 1.90 bits per heavy atom. The second kappa shape index (κ2) is 6.77. The summed E-state index contributed by atoms with van der Waals surface area (Å²) < 4.78 is 11.2. The van der Waals surface area contributed by atoms with Gasteiger partial charge < -0.3 is 9.15 Å². The lowest BCUT2D eigenvalue weighted by atomic mass is 9.99. The molecular formula is C22H17N3O4S. The van der Waals surface area contributed by atoms with Crippen LogP contribution in [0.25, 0.3) is 11.0 Å². The molecule has 7 nitrogen and oxygen atoms in total. The van der Waals surface area contributed by atoms with Gasteiger partial charge in [-0.25, -0.2) is 4.98 Å². The Labute approximate surface area is 175 Å². The Hall–Kier alpha value is -3.52. The van der Waals surface area contributed by atoms with Gasteiger partial charge in [0.05, 0.1) is 29.8 Å². The number of amides is 1. The smallest absolute Gasteiger partial charge is 0.297 e. The summed E-state index contributed by atoms with van der Waals surface area (Å²) in [6, 6.07) is 7.94. The van der Waals surface area contributed by atoms with Crippen molar-refractivity contribution in [2.75, 3.05) is 12.0 Å². The summed E-state index contributed by atoms with van der Waals surface area (Å²) in [5.74, 6) is 0.195. The van der Waals surface area contributed by atoms with Gasteiger partial charge in [-0.15, -0.1) is 11.3 Å². The van der Waals surface area contributed by atoms with Gasteiger partial charge in [-0.2, -0.15) is 0 Å². The zero-order chi connectivity index (χ0) is 21.0. The van der Waals surface area contributed by atoms with Crippen LogP contribution in [0.3, 0.4) is 0 Å². The van der Waals surface area contributed by atoms with Gasteiger partial charge in [0.15, 0.2) is 10.6 Å². The fourth-order valence-electron chi connectivity index (χ4n) is 3.70. The summed E-state index contributed by atoms with van der Waals surface area (Å²) in [6.45, 7) is 3.85. The molecule has 1 aromatic carbocycles. The van der Waals surface area contributed by atoms with E-state index in [1.54, 1.807) is 47.6 Å². The predicted octanol–water partition coefficient (Wildman–Crippen LogP) is 4.02. The fraction of sp³-hybridized carbons (Fsp3) is 0.182. The van der Waals surface area contributed by atoms with Gasteiger partial charge in [0.25, 0.3) is 5.91 Å². The highest BCUT2D eigenvalue weighted by molar-refractivity contribution is 7.15. The van der Waals surface area contributed by atoms with E-state index < -0.39 is 6.04 Å². The number of pyridine rings is 1. The maximum absolute atomic E-state index is 13.5. The zero-order valence-electron chi connectivity index (χ0n) is 16.5. The van der Waals surface area contributed by atoms with Gasteiger partial charge in [0, 0.05) is 23.3 Å². The Morgan fingerprint density at radius 1 is 1.13 bits per heavy atom. The number of rotatable bonds is 3. The van der Waals surface area contributed by atoms with Gasteiger partial charge >= 0.3 is 0 Å². The number of nitrogens with zero attached hydrogens (tertiary/aromatic N) is 3. The molecular weight excluding hydrogens is 402 g/mol. The van der Waals surface area contributed by atoms with Crippen LogP contribution >= 0.6 is 11.3 Å². The number of anilines is 1. The van der Waals surface area contributed by atoms with Gasteiger partial charge in [-0.05, 0) is 43.7 Å². The third-order valence-electron chi connectivity index (χ3n) is 5.32. The van der Waals surface area contributed by atoms with Crippen LogP contribution in [0, 0.1) is 13.8 Å². The van der Waals surface area contributed by atoms with Crippen molar-refractivity contribution in [2.24, 2.45) is 0 Å². The number of aromatic nitrogens is 2. The molecule has 150 valence electrons. The monoisotopic (exact) mass is 419 g/mol. The van der Waals surface area contributed by atoms with Crippen LogP contribution in [0.4, 0.5) is 5.13 Å². The number of hydrogen-bond acceptors (Lipinski definition) is 7. The van der Waals surface area contributed by atoms with Crippen LogP contribution in [0.2, 0.25) is 0 Å². The van der Waals surface area contributed by atoms with Crippen LogP contribution < -0.4 is 15.1 Å². The van der Waals surface area contributed by atoms with Crippen molar-refractivity contribution in [1.82, 2.24) is 9.97 Å². The maximum atomic E-state index is 13.5. The zero-order valence-corrected chi connectivity index (χ0v) is 17.3. The topological polar surface area (TPSA) is 85.5 Å². The lowest BCUT2D eigenvalue weighted by Gasteiger charge is -2.22. The molecule has 0 saturated carbocycles. The second-order valence-electron chi connectivity index (χ2n) is 7.03. The molecule has 1 atom stereocenters. The largest absolute Gasteiger partial charge is 0.497 e. The van der Waals surface area contributed by atoms with E-state index in [4.69, 9.17) is 9.15 Å². The molecule has 0 N–H and O–H groups in total. The molecule has 1 aliphatic rings. The molecule has 8 heteroatoms. The van der Waals surface area contributed by atoms with Crippen molar-refractivity contribution < 1.29 is 13.9 Å². The number of aryl methyl sites for hydroxylation is 2. The average Bonchev–Trinajstić information content (AvgIpc) is 3.24. The van der Waals surface area contributed by atoms with Crippen LogP contribution in [0.1, 0.15) is 38.3 Å². The average molecular weight is 419 g/mol. The number of carbonyl (C=O) groups is 1. The van der Waals surface area contributed by atoms with Crippen molar-refractivity contribution >= 4 is 33.3 Å². The quantitative estimate of drug-likeness (QED) is 0.499. The highest BCUT2D eigenvalue weighted by Gasteiger charge is 2.45. The molecule has 30 heavy (non-hydrogen) atoms. The highest BCUT2D eigenvalue weighted by Crippen LogP contribution is 2.42. The first-order chi connectivity index (χ1) is 14.5. The lowest BCUT2D eigenvalue weighted by Crippen LogP contribution is -2.29. The van der Waals surface area contributed by atoms with Crippen molar-refractivity contribution in [3.8, 4) is 5.75 Å². The van der Waals surface area contributed by atoms with Gasteiger partial charge in [-0.1, -0.05) is 0 Å². The van der Waals surface area contributed by atoms with E-state index in [1.165, 1.54) is 18.4 Å². The first-order valence-corrected chi connectivity index (χ1v) is 10.1. The van der Waals surface area contributed by atoms with Crippen LogP contribution in [-0.4, -0.2) is 23.0 Å². The van der Waals surface area contributed by atoms with Crippen molar-refractivity contribution in [1.29, 1.82) is 0 Å². The molecule has 0 fully saturated rings. The number of methoxy groups -OCH3 is 1. The molecule has 0 saturated heterocycles. The highest BCUT2D eigenvalue weighted by atomic mass is 32.1. The van der Waals surface area contributed by atoms with E-state index in [1.807, 2.05) is 13.8 Å². The minimum Gasteiger partial charge on any atom is -0.497 e. The Balaban J connectivity index is 1.81. The summed E-state index contributed by atoms with van der Waals surface area (Å²) in [5, 5.41) is 0.930. The van der Waals surface area contributed by atoms with Gasteiger partial charge in [0.2, 0.25) is 5.76 Å². The van der Waals surface area contributed by atoms with E-state index in [9.17, 15) is 9.59 Å². The first kappa shape index (κ1) is 18.5. The van der Waals surface area contributed by atoms with Crippen molar-refractivity contribution in [3.05, 3.63) is 80.4 Å². The molecule has 1 aliphatic heterocycles. The third-order valence-corrected chi connectivity index (χ3v) is 6.40. The first-order valence-electron chi connectivity index (χ1n) is 9.32. The molecule has 0 aliphatic carbocycles. The predicted molar refractivity (Wildman–Crippen MR) is 114 cm³/mol. The summed E-state index contributed by atoms with van der Waals surface area (Å²) in [7, 11) is 1.53. The number of benzene rings is 1. The molecule has 3 aromatic heterocycles. The number of ether oxygens (including phenoxy) is 1. The number of thiazole rings is 1. The normalized spacial score (nSPS) is 15.6. The number of hydrogen-bond donors (Lipinski definition) is 0. The van der Waals surface area contributed by atoms with Crippen LogP contribution in [0.15, 0.2) is 51.9 Å². The number of fused-ring (bicyclic) bond motifs is 2. The van der Waals surface area contributed by atoms with E-state index >= 15 is 0 Å². The van der Waals surface area contributed by atoms with Gasteiger partial charge in [0.1, 0.15) is 11.3 Å². The summed E-state index contributed by atoms with van der Waals surface area (Å²) >= 11 is 1.42. The summed E-state index contributed by atoms with van der Waals surface area (Å²) in [6.07, 6.45) is 3.28. The molecule has 4 heterocycles. The molecule has 1 unspecified atom stereocenters.